The molecule has 1 unspecified atom stereocenters. The number of carbonyl (C=O) groups is 1. The molecule has 0 saturated carbocycles. The molecule has 22 heavy (non-hydrogen) atoms. The zero-order chi connectivity index (χ0) is 15.2. The highest BCUT2D eigenvalue weighted by molar-refractivity contribution is 6.42. The first-order chi connectivity index (χ1) is 10.8. The van der Waals surface area contributed by atoms with Crippen molar-refractivity contribution in [2.24, 2.45) is 4.99 Å². The molecule has 3 rings (SSSR count). The summed E-state index contributed by atoms with van der Waals surface area (Å²) < 4.78 is 0. The van der Waals surface area contributed by atoms with Gasteiger partial charge in [0.1, 0.15) is 0 Å². The van der Waals surface area contributed by atoms with Gasteiger partial charge in [0.25, 0.3) is 0 Å². The van der Waals surface area contributed by atoms with Crippen LogP contribution in [0.25, 0.3) is 0 Å². The third-order valence-corrected chi connectivity index (χ3v) is 3.96. The predicted molar refractivity (Wildman–Crippen MR) is 90.1 cm³/mol. The van der Waals surface area contributed by atoms with E-state index in [0.717, 1.165) is 24.8 Å². The van der Waals surface area contributed by atoms with Gasteiger partial charge < -0.3 is 0 Å². The minimum Gasteiger partial charge on any atom is -0.292 e. The lowest BCUT2D eigenvalue weighted by Crippen LogP contribution is -2.23. The zero-order valence-electron chi connectivity index (χ0n) is 12.5. The first kappa shape index (κ1) is 14.5. The molecule has 110 valence electrons. The largest absolute Gasteiger partial charge is 0.292 e. The first-order valence-electron chi connectivity index (χ1n) is 7.71. The van der Waals surface area contributed by atoms with E-state index in [0.29, 0.717) is 5.71 Å². The number of aliphatic imine (C=N–C) groups is 1. The van der Waals surface area contributed by atoms with Crippen molar-refractivity contribution < 1.29 is 4.79 Å². The standard InChI is InChI=1S/C20H19NO/c22-20-18(17-11-5-2-6-12-17)14-15-21-19(20)13-7-10-16-8-3-1-4-9-16/h1-6,8-9,11-12,14-15,18H,7,10,13H2. The summed E-state index contributed by atoms with van der Waals surface area (Å²) in [6.45, 7) is 0. The fourth-order valence-electron chi connectivity index (χ4n) is 2.76. The molecule has 1 aliphatic rings. The summed E-state index contributed by atoms with van der Waals surface area (Å²) in [6.07, 6.45) is 6.33. The van der Waals surface area contributed by atoms with E-state index >= 15 is 0 Å². The van der Waals surface area contributed by atoms with E-state index in [1.54, 1.807) is 6.20 Å². The van der Waals surface area contributed by atoms with Crippen LogP contribution in [0.5, 0.6) is 0 Å². The molecule has 2 nitrogen and oxygen atoms in total. The van der Waals surface area contributed by atoms with E-state index in [9.17, 15) is 4.79 Å². The highest BCUT2D eigenvalue weighted by Gasteiger charge is 2.24. The number of Topliss-reactive ketones (excluding diaryl/α,β-unsaturated/α-hetero) is 1. The summed E-state index contributed by atoms with van der Waals surface area (Å²) in [6, 6.07) is 20.3. The van der Waals surface area contributed by atoms with Gasteiger partial charge in [-0.1, -0.05) is 66.7 Å². The van der Waals surface area contributed by atoms with Crippen LogP contribution in [0.2, 0.25) is 0 Å². The topological polar surface area (TPSA) is 29.4 Å². The van der Waals surface area contributed by atoms with Crippen molar-refractivity contribution in [3.63, 3.8) is 0 Å². The van der Waals surface area contributed by atoms with Crippen molar-refractivity contribution >= 4 is 11.5 Å². The third-order valence-electron chi connectivity index (χ3n) is 3.96. The van der Waals surface area contributed by atoms with Gasteiger partial charge in [0, 0.05) is 6.20 Å². The molecule has 2 aromatic rings. The molecular formula is C20H19NO. The van der Waals surface area contributed by atoms with Crippen LogP contribution in [0.4, 0.5) is 0 Å². The lowest BCUT2D eigenvalue weighted by Gasteiger charge is -2.16. The van der Waals surface area contributed by atoms with E-state index in [-0.39, 0.29) is 11.7 Å². The van der Waals surface area contributed by atoms with Gasteiger partial charge in [0.15, 0.2) is 5.78 Å². The summed E-state index contributed by atoms with van der Waals surface area (Å²) in [5, 5.41) is 0. The van der Waals surface area contributed by atoms with Crippen LogP contribution in [0, 0.1) is 0 Å². The Labute approximate surface area is 131 Å². The van der Waals surface area contributed by atoms with Crippen molar-refractivity contribution in [1.29, 1.82) is 0 Å². The number of allylic oxidation sites excluding steroid dienone is 1. The molecule has 2 aromatic carbocycles. The van der Waals surface area contributed by atoms with Gasteiger partial charge in [0.05, 0.1) is 11.6 Å². The molecule has 2 heteroatoms. The molecule has 0 saturated heterocycles. The summed E-state index contributed by atoms with van der Waals surface area (Å²) >= 11 is 0. The Morgan fingerprint density at radius 2 is 1.55 bits per heavy atom. The number of benzene rings is 2. The Kier molecular flexibility index (Phi) is 4.59. The average Bonchev–Trinajstić information content (AvgIpc) is 2.58. The van der Waals surface area contributed by atoms with E-state index in [4.69, 9.17) is 0 Å². The molecule has 1 atom stereocenters. The Bertz CT molecular complexity index is 686. The maximum atomic E-state index is 12.6. The molecule has 0 bridgehead atoms. The zero-order valence-corrected chi connectivity index (χ0v) is 12.5. The third kappa shape index (κ3) is 3.40. The van der Waals surface area contributed by atoms with Crippen molar-refractivity contribution in [3.8, 4) is 0 Å². The Morgan fingerprint density at radius 3 is 2.27 bits per heavy atom. The highest BCUT2D eigenvalue weighted by atomic mass is 16.1. The van der Waals surface area contributed by atoms with Gasteiger partial charge in [-0.15, -0.1) is 0 Å². The average molecular weight is 289 g/mol. The molecule has 0 fully saturated rings. The van der Waals surface area contributed by atoms with E-state index < -0.39 is 0 Å². The van der Waals surface area contributed by atoms with Gasteiger partial charge in [-0.3, -0.25) is 9.79 Å². The number of hydrogen-bond acceptors (Lipinski definition) is 2. The first-order valence-corrected chi connectivity index (χ1v) is 7.71. The lowest BCUT2D eigenvalue weighted by molar-refractivity contribution is -0.113. The summed E-state index contributed by atoms with van der Waals surface area (Å²) in [4.78, 5) is 16.9. The minimum atomic E-state index is -0.176. The van der Waals surface area contributed by atoms with Gasteiger partial charge >= 0.3 is 0 Å². The van der Waals surface area contributed by atoms with Gasteiger partial charge in [-0.2, -0.15) is 0 Å². The number of hydrogen-bond donors (Lipinski definition) is 0. The molecule has 0 aromatic heterocycles. The van der Waals surface area contributed by atoms with Gasteiger partial charge in [0.2, 0.25) is 0 Å². The quantitative estimate of drug-likeness (QED) is 0.805. The highest BCUT2D eigenvalue weighted by Crippen LogP contribution is 2.23. The smallest absolute Gasteiger partial charge is 0.188 e. The van der Waals surface area contributed by atoms with E-state index in [2.05, 4.69) is 17.1 Å². The minimum absolute atomic E-state index is 0.141. The van der Waals surface area contributed by atoms with Crippen LogP contribution >= 0.6 is 0 Å². The Hall–Kier alpha value is -2.48. The molecule has 0 amide bonds. The monoisotopic (exact) mass is 289 g/mol. The van der Waals surface area contributed by atoms with Crippen LogP contribution < -0.4 is 0 Å². The molecule has 1 aliphatic heterocycles. The second kappa shape index (κ2) is 6.99. The van der Waals surface area contributed by atoms with E-state index in [1.807, 2.05) is 54.6 Å². The fourth-order valence-corrected chi connectivity index (χ4v) is 2.76. The number of carbonyl (C=O) groups excluding carboxylic acids is 1. The second-order valence-electron chi connectivity index (χ2n) is 5.51. The fraction of sp³-hybridized carbons (Fsp3) is 0.200. The SMILES string of the molecule is O=C1C(CCCc2ccccc2)=NC=CC1c1ccccc1. The Morgan fingerprint density at radius 1 is 0.864 bits per heavy atom. The van der Waals surface area contributed by atoms with Crippen molar-refractivity contribution in [2.75, 3.05) is 0 Å². The van der Waals surface area contributed by atoms with Crippen LogP contribution in [-0.4, -0.2) is 11.5 Å². The van der Waals surface area contributed by atoms with Crippen LogP contribution in [0.1, 0.15) is 29.9 Å². The van der Waals surface area contributed by atoms with Crippen molar-refractivity contribution in [2.45, 2.75) is 25.2 Å². The second-order valence-corrected chi connectivity index (χ2v) is 5.51. The number of nitrogens with zero attached hydrogens (tertiary/aromatic N) is 1. The number of ketones is 1. The van der Waals surface area contributed by atoms with Crippen LogP contribution in [-0.2, 0) is 11.2 Å². The maximum absolute atomic E-state index is 12.6. The molecule has 0 spiro atoms. The van der Waals surface area contributed by atoms with Gasteiger partial charge in [-0.05, 0) is 30.4 Å². The van der Waals surface area contributed by atoms with Gasteiger partial charge in [-0.25, -0.2) is 0 Å². The summed E-state index contributed by atoms with van der Waals surface area (Å²) in [5.74, 6) is -0.0350. The normalized spacial score (nSPS) is 17.4. The molecule has 0 aliphatic carbocycles. The summed E-state index contributed by atoms with van der Waals surface area (Å²) in [5.41, 5.74) is 3.05. The van der Waals surface area contributed by atoms with Crippen LogP contribution in [0.3, 0.4) is 0 Å². The van der Waals surface area contributed by atoms with E-state index in [1.165, 1.54) is 5.56 Å². The number of aryl methyl sites for hydroxylation is 1. The molecular weight excluding hydrogens is 270 g/mol. The lowest BCUT2D eigenvalue weighted by atomic mass is 9.89. The van der Waals surface area contributed by atoms with Crippen molar-refractivity contribution in [1.82, 2.24) is 0 Å². The van der Waals surface area contributed by atoms with Crippen molar-refractivity contribution in [3.05, 3.63) is 84.1 Å². The summed E-state index contributed by atoms with van der Waals surface area (Å²) in [7, 11) is 0. The molecule has 0 radical (unpaired) electrons. The Balaban J connectivity index is 1.61. The van der Waals surface area contributed by atoms with Crippen LogP contribution in [0.15, 0.2) is 77.9 Å². The number of rotatable bonds is 5. The predicted octanol–water partition coefficient (Wildman–Crippen LogP) is 4.33. The maximum Gasteiger partial charge on any atom is 0.188 e. The molecule has 1 heterocycles. The molecule has 0 N–H and O–H groups in total.